The number of rotatable bonds is 5. The monoisotopic (exact) mass is 188 g/mol. The summed E-state index contributed by atoms with van der Waals surface area (Å²) in [6.07, 6.45) is 1.41. The Morgan fingerprint density at radius 2 is 2.00 bits per heavy atom. The number of carbonyl (C=O) groups is 1. The summed E-state index contributed by atoms with van der Waals surface area (Å²) < 4.78 is 0. The van der Waals surface area contributed by atoms with Crippen LogP contribution in [0.5, 0.6) is 0 Å². The maximum absolute atomic E-state index is 11.3. The highest BCUT2D eigenvalue weighted by molar-refractivity contribution is 5.81. The highest BCUT2D eigenvalue weighted by Crippen LogP contribution is 2.13. The molecule has 0 unspecified atom stereocenters. The molecule has 0 saturated heterocycles. The van der Waals surface area contributed by atoms with Crippen LogP contribution in [-0.2, 0) is 4.79 Å². The first-order valence-electron chi connectivity index (χ1n) is 4.69. The molecule has 13 heavy (non-hydrogen) atoms. The lowest BCUT2D eigenvalue weighted by Gasteiger charge is -2.31. The molecule has 0 aromatic rings. The summed E-state index contributed by atoms with van der Waals surface area (Å²) >= 11 is 0. The number of amides is 1. The third kappa shape index (κ3) is 3.32. The molecule has 0 rings (SSSR count). The van der Waals surface area contributed by atoms with Crippen molar-refractivity contribution < 1.29 is 9.90 Å². The fourth-order valence-corrected chi connectivity index (χ4v) is 1.07. The zero-order valence-electron chi connectivity index (χ0n) is 8.63. The van der Waals surface area contributed by atoms with Gasteiger partial charge < -0.3 is 16.2 Å². The fraction of sp³-hybridized carbons (Fsp3) is 0.889. The van der Waals surface area contributed by atoms with Crippen LogP contribution in [0.25, 0.3) is 0 Å². The van der Waals surface area contributed by atoms with Crippen molar-refractivity contribution >= 4 is 5.91 Å². The Hall–Kier alpha value is -0.610. The van der Waals surface area contributed by atoms with E-state index in [0.717, 1.165) is 0 Å². The van der Waals surface area contributed by atoms with Crippen LogP contribution >= 0.6 is 0 Å². The SMILES string of the molecule is CCC(CC)(CO)NC(=O)[C@@H](C)N. The molecule has 1 atom stereocenters. The van der Waals surface area contributed by atoms with Crippen molar-refractivity contribution in [3.63, 3.8) is 0 Å². The molecule has 0 aliphatic heterocycles. The van der Waals surface area contributed by atoms with Gasteiger partial charge in [0.1, 0.15) is 0 Å². The van der Waals surface area contributed by atoms with Crippen molar-refractivity contribution in [3.8, 4) is 0 Å². The molecule has 0 spiro atoms. The minimum Gasteiger partial charge on any atom is -0.394 e. The standard InChI is InChI=1S/C9H20N2O2/c1-4-9(5-2,6-12)11-8(13)7(3)10/h7,12H,4-6,10H2,1-3H3,(H,11,13)/t7-/m1/s1. The molecular weight excluding hydrogens is 168 g/mol. The number of nitrogens with two attached hydrogens (primary N) is 1. The zero-order chi connectivity index (χ0) is 10.5. The predicted octanol–water partition coefficient (Wildman–Crippen LogP) is 0.000900. The van der Waals surface area contributed by atoms with Crippen molar-refractivity contribution in [2.75, 3.05) is 6.61 Å². The average Bonchev–Trinajstić information content (AvgIpc) is 2.14. The topological polar surface area (TPSA) is 75.3 Å². The second-order valence-corrected chi connectivity index (χ2v) is 3.42. The Bertz CT molecular complexity index is 157. The Kier molecular flexibility index (Phi) is 4.95. The summed E-state index contributed by atoms with van der Waals surface area (Å²) in [6, 6.07) is -0.524. The van der Waals surface area contributed by atoms with Crippen LogP contribution in [0.3, 0.4) is 0 Å². The number of hydrogen-bond donors (Lipinski definition) is 3. The molecule has 0 radical (unpaired) electrons. The van der Waals surface area contributed by atoms with E-state index in [-0.39, 0.29) is 12.5 Å². The van der Waals surface area contributed by atoms with Crippen LogP contribution in [0.15, 0.2) is 0 Å². The first-order chi connectivity index (χ1) is 6.01. The van der Waals surface area contributed by atoms with Crippen LogP contribution in [0, 0.1) is 0 Å². The van der Waals surface area contributed by atoms with E-state index in [1.165, 1.54) is 0 Å². The van der Waals surface area contributed by atoms with E-state index in [2.05, 4.69) is 5.32 Å². The van der Waals surface area contributed by atoms with Crippen LogP contribution < -0.4 is 11.1 Å². The molecule has 0 heterocycles. The smallest absolute Gasteiger partial charge is 0.237 e. The Morgan fingerprint density at radius 3 is 2.23 bits per heavy atom. The summed E-state index contributed by atoms with van der Waals surface area (Å²) in [5.74, 6) is -0.210. The molecule has 0 aliphatic carbocycles. The lowest BCUT2D eigenvalue weighted by molar-refractivity contribution is -0.124. The summed E-state index contributed by atoms with van der Waals surface area (Å²) in [5.41, 5.74) is 4.92. The third-order valence-electron chi connectivity index (χ3n) is 2.46. The van der Waals surface area contributed by atoms with Crippen LogP contribution in [-0.4, -0.2) is 29.2 Å². The zero-order valence-corrected chi connectivity index (χ0v) is 8.63. The lowest BCUT2D eigenvalue weighted by Crippen LogP contribution is -2.54. The van der Waals surface area contributed by atoms with E-state index < -0.39 is 11.6 Å². The second-order valence-electron chi connectivity index (χ2n) is 3.42. The maximum atomic E-state index is 11.3. The number of aliphatic hydroxyl groups excluding tert-OH is 1. The normalized spacial score (nSPS) is 13.9. The maximum Gasteiger partial charge on any atom is 0.237 e. The van der Waals surface area contributed by atoms with E-state index >= 15 is 0 Å². The van der Waals surface area contributed by atoms with Gasteiger partial charge in [0.15, 0.2) is 0 Å². The summed E-state index contributed by atoms with van der Waals surface area (Å²) in [6.45, 7) is 5.45. The first kappa shape index (κ1) is 12.4. The van der Waals surface area contributed by atoms with Gasteiger partial charge in [-0.25, -0.2) is 0 Å². The minimum atomic E-state index is -0.524. The van der Waals surface area contributed by atoms with Gasteiger partial charge >= 0.3 is 0 Å². The Morgan fingerprint density at radius 1 is 1.54 bits per heavy atom. The van der Waals surface area contributed by atoms with Gasteiger partial charge in [-0.2, -0.15) is 0 Å². The van der Waals surface area contributed by atoms with Gasteiger partial charge in [0, 0.05) is 0 Å². The van der Waals surface area contributed by atoms with E-state index in [1.807, 2.05) is 13.8 Å². The van der Waals surface area contributed by atoms with Gasteiger partial charge in [-0.3, -0.25) is 4.79 Å². The van der Waals surface area contributed by atoms with E-state index in [9.17, 15) is 4.79 Å². The van der Waals surface area contributed by atoms with Gasteiger partial charge in [0.25, 0.3) is 0 Å². The molecule has 0 aromatic carbocycles. The Labute approximate surface area is 79.5 Å². The molecule has 0 bridgehead atoms. The molecule has 1 amide bonds. The van der Waals surface area contributed by atoms with Gasteiger partial charge in [0.05, 0.1) is 18.2 Å². The lowest BCUT2D eigenvalue weighted by atomic mass is 9.93. The number of nitrogens with one attached hydrogen (secondary N) is 1. The fourth-order valence-electron chi connectivity index (χ4n) is 1.07. The van der Waals surface area contributed by atoms with Crippen molar-refractivity contribution in [2.24, 2.45) is 5.73 Å². The van der Waals surface area contributed by atoms with Gasteiger partial charge in [-0.15, -0.1) is 0 Å². The first-order valence-corrected chi connectivity index (χ1v) is 4.69. The van der Waals surface area contributed by atoms with Crippen molar-refractivity contribution in [1.29, 1.82) is 0 Å². The molecule has 0 aromatic heterocycles. The quantitative estimate of drug-likeness (QED) is 0.568. The highest BCUT2D eigenvalue weighted by Gasteiger charge is 2.27. The molecule has 0 saturated carbocycles. The summed E-state index contributed by atoms with van der Waals surface area (Å²) in [4.78, 5) is 11.3. The molecule has 4 heteroatoms. The number of carbonyl (C=O) groups excluding carboxylic acids is 1. The molecule has 0 aliphatic rings. The van der Waals surface area contributed by atoms with Crippen molar-refractivity contribution in [1.82, 2.24) is 5.32 Å². The number of aliphatic hydroxyl groups is 1. The van der Waals surface area contributed by atoms with Crippen molar-refractivity contribution in [2.45, 2.75) is 45.2 Å². The van der Waals surface area contributed by atoms with Gasteiger partial charge in [-0.05, 0) is 19.8 Å². The molecule has 4 nitrogen and oxygen atoms in total. The average molecular weight is 188 g/mol. The van der Waals surface area contributed by atoms with Gasteiger partial charge in [-0.1, -0.05) is 13.8 Å². The van der Waals surface area contributed by atoms with Crippen LogP contribution in [0.2, 0.25) is 0 Å². The van der Waals surface area contributed by atoms with Crippen LogP contribution in [0.1, 0.15) is 33.6 Å². The van der Waals surface area contributed by atoms with E-state index in [0.29, 0.717) is 12.8 Å². The van der Waals surface area contributed by atoms with E-state index in [1.54, 1.807) is 6.92 Å². The largest absolute Gasteiger partial charge is 0.394 e. The molecule has 78 valence electrons. The summed E-state index contributed by atoms with van der Waals surface area (Å²) in [7, 11) is 0. The minimum absolute atomic E-state index is 0.0432. The second kappa shape index (κ2) is 5.19. The summed E-state index contributed by atoms with van der Waals surface area (Å²) in [5, 5.41) is 11.9. The predicted molar refractivity (Wildman–Crippen MR) is 52.2 cm³/mol. The molecular formula is C9H20N2O2. The van der Waals surface area contributed by atoms with Crippen LogP contribution in [0.4, 0.5) is 0 Å². The van der Waals surface area contributed by atoms with E-state index in [4.69, 9.17) is 10.8 Å². The van der Waals surface area contributed by atoms with Gasteiger partial charge in [0.2, 0.25) is 5.91 Å². The highest BCUT2D eigenvalue weighted by atomic mass is 16.3. The molecule has 0 fully saturated rings. The molecule has 4 N–H and O–H groups in total. The number of hydrogen-bond acceptors (Lipinski definition) is 3. The Balaban J connectivity index is 4.33. The van der Waals surface area contributed by atoms with Crippen molar-refractivity contribution in [3.05, 3.63) is 0 Å². The third-order valence-corrected chi connectivity index (χ3v) is 2.46.